The lowest BCUT2D eigenvalue weighted by Crippen LogP contribution is -2.56. The van der Waals surface area contributed by atoms with Crippen molar-refractivity contribution in [3.63, 3.8) is 0 Å². The fourth-order valence-electron chi connectivity index (χ4n) is 2.16. The number of aromatic nitrogens is 2. The summed E-state index contributed by atoms with van der Waals surface area (Å²) in [6.45, 7) is 9.93. The number of hydrogen-bond donors (Lipinski definition) is 1. The first-order chi connectivity index (χ1) is 7.85. The van der Waals surface area contributed by atoms with Gasteiger partial charge in [0, 0.05) is 38.4 Å². The zero-order valence-electron chi connectivity index (χ0n) is 10.3. The molecule has 1 aromatic rings. The molecule has 1 fully saturated rings. The molecule has 0 aromatic carbocycles. The topological polar surface area (TPSA) is 33.1 Å². The number of nitrogens with one attached hydrogen (secondary N) is 1. The first-order valence-corrected chi connectivity index (χ1v) is 6.29. The molecule has 0 radical (unpaired) electrons. The standard InChI is InChI=1S/C12H22N4/c1-3-5-16-10-14-8-12(16)9-15(4-2)11-6-13-7-11/h8,10-11,13H,3-7,9H2,1-2H3. The van der Waals surface area contributed by atoms with Crippen LogP contribution in [0.1, 0.15) is 26.0 Å². The highest BCUT2D eigenvalue weighted by atomic mass is 15.2. The van der Waals surface area contributed by atoms with Gasteiger partial charge in [0.2, 0.25) is 0 Å². The van der Waals surface area contributed by atoms with Crippen LogP contribution in [0.5, 0.6) is 0 Å². The molecule has 2 heterocycles. The molecule has 1 aromatic heterocycles. The molecule has 0 bridgehead atoms. The van der Waals surface area contributed by atoms with E-state index in [9.17, 15) is 0 Å². The van der Waals surface area contributed by atoms with Gasteiger partial charge in [-0.1, -0.05) is 13.8 Å². The predicted octanol–water partition coefficient (Wildman–Crippen LogP) is 1.09. The van der Waals surface area contributed by atoms with Gasteiger partial charge in [0.15, 0.2) is 0 Å². The number of hydrogen-bond acceptors (Lipinski definition) is 3. The van der Waals surface area contributed by atoms with Gasteiger partial charge in [-0.2, -0.15) is 0 Å². The Bertz CT molecular complexity index is 317. The molecule has 90 valence electrons. The third-order valence-corrected chi connectivity index (χ3v) is 3.31. The van der Waals surface area contributed by atoms with Crippen LogP contribution in [0.2, 0.25) is 0 Å². The lowest BCUT2D eigenvalue weighted by molar-refractivity contribution is 0.142. The summed E-state index contributed by atoms with van der Waals surface area (Å²) in [5, 5.41) is 3.33. The molecule has 2 rings (SSSR count). The van der Waals surface area contributed by atoms with Gasteiger partial charge in [-0.15, -0.1) is 0 Å². The molecule has 0 aliphatic carbocycles. The minimum atomic E-state index is 0.718. The quantitative estimate of drug-likeness (QED) is 0.782. The average Bonchev–Trinajstić information content (AvgIpc) is 2.63. The van der Waals surface area contributed by atoms with Gasteiger partial charge in [-0.05, 0) is 13.0 Å². The van der Waals surface area contributed by atoms with E-state index >= 15 is 0 Å². The molecular formula is C12H22N4. The van der Waals surface area contributed by atoms with Crippen LogP contribution in [0.25, 0.3) is 0 Å². The van der Waals surface area contributed by atoms with Crippen molar-refractivity contribution in [3.8, 4) is 0 Å². The zero-order chi connectivity index (χ0) is 11.4. The molecule has 1 saturated heterocycles. The van der Waals surface area contributed by atoms with Crippen molar-refractivity contribution in [2.45, 2.75) is 39.4 Å². The van der Waals surface area contributed by atoms with Crippen LogP contribution in [-0.4, -0.2) is 40.1 Å². The Labute approximate surface area is 97.7 Å². The maximum absolute atomic E-state index is 4.25. The van der Waals surface area contributed by atoms with E-state index in [1.165, 1.54) is 12.1 Å². The molecule has 1 aliphatic heterocycles. The Hall–Kier alpha value is -0.870. The number of imidazole rings is 1. The van der Waals surface area contributed by atoms with Crippen molar-refractivity contribution >= 4 is 0 Å². The van der Waals surface area contributed by atoms with Crippen LogP contribution in [0, 0.1) is 0 Å². The predicted molar refractivity (Wildman–Crippen MR) is 65.3 cm³/mol. The van der Waals surface area contributed by atoms with Gasteiger partial charge in [0.05, 0.1) is 12.0 Å². The molecule has 4 heteroatoms. The molecule has 0 saturated carbocycles. The molecule has 0 atom stereocenters. The summed E-state index contributed by atoms with van der Waals surface area (Å²) in [5.74, 6) is 0. The molecule has 0 unspecified atom stereocenters. The smallest absolute Gasteiger partial charge is 0.0948 e. The fraction of sp³-hybridized carbons (Fsp3) is 0.750. The van der Waals surface area contributed by atoms with Gasteiger partial charge in [0.1, 0.15) is 0 Å². The minimum Gasteiger partial charge on any atom is -0.333 e. The summed E-state index contributed by atoms with van der Waals surface area (Å²) < 4.78 is 2.27. The van der Waals surface area contributed by atoms with E-state index < -0.39 is 0 Å². The summed E-state index contributed by atoms with van der Waals surface area (Å²) in [7, 11) is 0. The lowest BCUT2D eigenvalue weighted by atomic mass is 10.1. The third kappa shape index (κ3) is 2.44. The zero-order valence-corrected chi connectivity index (χ0v) is 10.3. The Morgan fingerprint density at radius 1 is 1.50 bits per heavy atom. The fourth-order valence-corrected chi connectivity index (χ4v) is 2.16. The Morgan fingerprint density at radius 2 is 2.31 bits per heavy atom. The molecule has 0 amide bonds. The van der Waals surface area contributed by atoms with E-state index in [1.807, 2.05) is 12.5 Å². The first-order valence-electron chi connectivity index (χ1n) is 6.29. The average molecular weight is 222 g/mol. The SMILES string of the molecule is CCCn1cncc1CN(CC)C1CNC1. The van der Waals surface area contributed by atoms with E-state index in [0.29, 0.717) is 0 Å². The molecular weight excluding hydrogens is 200 g/mol. The van der Waals surface area contributed by atoms with E-state index in [1.54, 1.807) is 0 Å². The van der Waals surface area contributed by atoms with Crippen molar-refractivity contribution in [2.24, 2.45) is 0 Å². The number of rotatable bonds is 6. The van der Waals surface area contributed by atoms with Gasteiger partial charge in [0.25, 0.3) is 0 Å². The minimum absolute atomic E-state index is 0.718. The lowest BCUT2D eigenvalue weighted by Gasteiger charge is -2.37. The van der Waals surface area contributed by atoms with Crippen LogP contribution in [0.3, 0.4) is 0 Å². The van der Waals surface area contributed by atoms with Gasteiger partial charge < -0.3 is 9.88 Å². The van der Waals surface area contributed by atoms with Gasteiger partial charge in [-0.3, -0.25) is 4.90 Å². The largest absolute Gasteiger partial charge is 0.333 e. The van der Waals surface area contributed by atoms with E-state index in [0.717, 1.165) is 38.8 Å². The van der Waals surface area contributed by atoms with Crippen LogP contribution >= 0.6 is 0 Å². The van der Waals surface area contributed by atoms with Crippen molar-refractivity contribution < 1.29 is 0 Å². The second-order valence-electron chi connectivity index (χ2n) is 4.45. The number of likely N-dealkylation sites (N-methyl/N-ethyl adjacent to an activating group) is 1. The van der Waals surface area contributed by atoms with Crippen LogP contribution in [0.4, 0.5) is 0 Å². The highest BCUT2D eigenvalue weighted by Crippen LogP contribution is 2.11. The Morgan fingerprint density at radius 3 is 2.88 bits per heavy atom. The number of nitrogens with zero attached hydrogens (tertiary/aromatic N) is 3. The summed E-state index contributed by atoms with van der Waals surface area (Å²) in [5.41, 5.74) is 1.34. The molecule has 1 aliphatic rings. The van der Waals surface area contributed by atoms with Gasteiger partial charge in [-0.25, -0.2) is 4.98 Å². The Kier molecular flexibility index (Phi) is 3.96. The van der Waals surface area contributed by atoms with E-state index in [4.69, 9.17) is 0 Å². The highest BCUT2D eigenvalue weighted by Gasteiger charge is 2.23. The van der Waals surface area contributed by atoms with Crippen molar-refractivity contribution in [1.82, 2.24) is 19.8 Å². The third-order valence-electron chi connectivity index (χ3n) is 3.31. The maximum atomic E-state index is 4.25. The number of aryl methyl sites for hydroxylation is 1. The van der Waals surface area contributed by atoms with Crippen molar-refractivity contribution in [3.05, 3.63) is 18.2 Å². The molecule has 0 spiro atoms. The first kappa shape index (κ1) is 11.6. The summed E-state index contributed by atoms with van der Waals surface area (Å²) >= 11 is 0. The Balaban J connectivity index is 1.97. The van der Waals surface area contributed by atoms with Crippen LogP contribution in [-0.2, 0) is 13.1 Å². The van der Waals surface area contributed by atoms with Crippen LogP contribution in [0.15, 0.2) is 12.5 Å². The summed E-state index contributed by atoms with van der Waals surface area (Å²) in [6.07, 6.45) is 5.12. The van der Waals surface area contributed by atoms with Gasteiger partial charge >= 0.3 is 0 Å². The molecule has 1 N–H and O–H groups in total. The highest BCUT2D eigenvalue weighted by molar-refractivity contribution is 5.00. The summed E-state index contributed by atoms with van der Waals surface area (Å²) in [4.78, 5) is 6.78. The normalized spacial score (nSPS) is 16.7. The van der Waals surface area contributed by atoms with E-state index in [2.05, 4.69) is 33.6 Å². The summed E-state index contributed by atoms with van der Waals surface area (Å²) in [6, 6.07) is 0.718. The monoisotopic (exact) mass is 222 g/mol. The maximum Gasteiger partial charge on any atom is 0.0948 e. The molecule has 4 nitrogen and oxygen atoms in total. The second-order valence-corrected chi connectivity index (χ2v) is 4.45. The van der Waals surface area contributed by atoms with E-state index in [-0.39, 0.29) is 0 Å². The molecule has 16 heavy (non-hydrogen) atoms. The van der Waals surface area contributed by atoms with Crippen molar-refractivity contribution in [1.29, 1.82) is 0 Å². The second kappa shape index (κ2) is 5.46. The van der Waals surface area contributed by atoms with Crippen LogP contribution < -0.4 is 5.32 Å². The van der Waals surface area contributed by atoms with Crippen molar-refractivity contribution in [2.75, 3.05) is 19.6 Å².